The van der Waals surface area contributed by atoms with Crippen LogP contribution in [0.15, 0.2) is 0 Å². The second-order valence-corrected chi connectivity index (χ2v) is 7.37. The maximum Gasteiger partial charge on any atom is 0.239 e. The summed E-state index contributed by atoms with van der Waals surface area (Å²) in [6.45, 7) is 9.89. The number of carbonyl (C=O) groups excluding carboxylic acids is 1. The van der Waals surface area contributed by atoms with E-state index in [1.807, 2.05) is 4.90 Å². The van der Waals surface area contributed by atoms with Gasteiger partial charge in [-0.1, -0.05) is 20.3 Å². The van der Waals surface area contributed by atoms with Crippen LogP contribution in [0, 0.1) is 11.8 Å². The summed E-state index contributed by atoms with van der Waals surface area (Å²) in [7, 11) is 0. The zero-order chi connectivity index (χ0) is 15.9. The van der Waals surface area contributed by atoms with Gasteiger partial charge < -0.3 is 15.5 Å². The topological polar surface area (TPSA) is 49.6 Å². The third kappa shape index (κ3) is 4.95. The van der Waals surface area contributed by atoms with Crippen molar-refractivity contribution in [3.05, 3.63) is 0 Å². The standard InChI is InChI=1S/C18H35N3O/c1-3-15(2)17(19)18(22)21-13-8-16(9-14-21)7-6-12-20-10-4-5-11-20/h15-17H,3-14,19H2,1-2H3. The van der Waals surface area contributed by atoms with E-state index in [-0.39, 0.29) is 17.9 Å². The van der Waals surface area contributed by atoms with Crippen LogP contribution >= 0.6 is 0 Å². The molecule has 1 amide bonds. The summed E-state index contributed by atoms with van der Waals surface area (Å²) in [6, 6.07) is -0.309. The molecule has 2 aliphatic rings. The molecule has 0 radical (unpaired) electrons. The SMILES string of the molecule is CCC(C)C(N)C(=O)N1CCC(CCCN2CCCC2)CC1. The van der Waals surface area contributed by atoms with Gasteiger partial charge in [-0.25, -0.2) is 0 Å². The fourth-order valence-electron chi connectivity index (χ4n) is 3.76. The van der Waals surface area contributed by atoms with Crippen LogP contribution in [0.1, 0.15) is 58.8 Å². The van der Waals surface area contributed by atoms with Gasteiger partial charge in [-0.05, 0) is 70.0 Å². The van der Waals surface area contributed by atoms with Crippen molar-refractivity contribution in [3.8, 4) is 0 Å². The highest BCUT2D eigenvalue weighted by molar-refractivity contribution is 5.82. The number of nitrogens with two attached hydrogens (primary N) is 1. The summed E-state index contributed by atoms with van der Waals surface area (Å²) in [4.78, 5) is 17.0. The molecule has 2 heterocycles. The molecule has 0 aliphatic carbocycles. The van der Waals surface area contributed by atoms with Crippen molar-refractivity contribution >= 4 is 5.91 Å². The van der Waals surface area contributed by atoms with E-state index < -0.39 is 0 Å². The molecule has 0 aromatic carbocycles. The van der Waals surface area contributed by atoms with E-state index in [9.17, 15) is 4.79 Å². The van der Waals surface area contributed by atoms with Gasteiger partial charge in [0.25, 0.3) is 0 Å². The van der Waals surface area contributed by atoms with Crippen LogP contribution in [0.3, 0.4) is 0 Å². The zero-order valence-corrected chi connectivity index (χ0v) is 14.6. The molecule has 2 rings (SSSR count). The summed E-state index contributed by atoms with van der Waals surface area (Å²) in [5, 5.41) is 0. The molecular formula is C18H35N3O. The van der Waals surface area contributed by atoms with Crippen molar-refractivity contribution in [3.63, 3.8) is 0 Å². The van der Waals surface area contributed by atoms with Gasteiger partial charge in [0, 0.05) is 13.1 Å². The number of amides is 1. The number of hydrogen-bond acceptors (Lipinski definition) is 3. The van der Waals surface area contributed by atoms with Gasteiger partial charge >= 0.3 is 0 Å². The first-order chi connectivity index (χ1) is 10.6. The molecule has 2 aliphatic heterocycles. The van der Waals surface area contributed by atoms with E-state index >= 15 is 0 Å². The number of likely N-dealkylation sites (tertiary alicyclic amines) is 2. The van der Waals surface area contributed by atoms with Crippen molar-refractivity contribution in [2.45, 2.75) is 64.8 Å². The molecule has 2 unspecified atom stereocenters. The van der Waals surface area contributed by atoms with Crippen LogP contribution in [0.2, 0.25) is 0 Å². The number of nitrogens with zero attached hydrogens (tertiary/aromatic N) is 2. The van der Waals surface area contributed by atoms with Crippen molar-refractivity contribution in [2.75, 3.05) is 32.7 Å². The van der Waals surface area contributed by atoms with Crippen molar-refractivity contribution < 1.29 is 4.79 Å². The van der Waals surface area contributed by atoms with Gasteiger partial charge in [0.1, 0.15) is 0 Å². The first-order valence-electron chi connectivity index (χ1n) is 9.38. The van der Waals surface area contributed by atoms with E-state index in [4.69, 9.17) is 5.73 Å². The Balaban J connectivity index is 1.63. The van der Waals surface area contributed by atoms with E-state index in [1.165, 1.54) is 58.2 Å². The first kappa shape index (κ1) is 17.7. The van der Waals surface area contributed by atoms with Crippen LogP contribution in [-0.4, -0.2) is 54.5 Å². The average molecular weight is 309 g/mol. The molecular weight excluding hydrogens is 274 g/mol. The largest absolute Gasteiger partial charge is 0.341 e. The van der Waals surface area contributed by atoms with Crippen LogP contribution in [-0.2, 0) is 4.79 Å². The van der Waals surface area contributed by atoms with Crippen LogP contribution < -0.4 is 5.73 Å². The second-order valence-electron chi connectivity index (χ2n) is 7.37. The molecule has 0 spiro atoms. The maximum absolute atomic E-state index is 12.4. The summed E-state index contributed by atoms with van der Waals surface area (Å²) >= 11 is 0. The number of carbonyl (C=O) groups is 1. The maximum atomic E-state index is 12.4. The first-order valence-corrected chi connectivity index (χ1v) is 9.38. The van der Waals surface area contributed by atoms with Gasteiger partial charge in [0.05, 0.1) is 6.04 Å². The van der Waals surface area contributed by atoms with Crippen molar-refractivity contribution in [1.82, 2.24) is 9.80 Å². The van der Waals surface area contributed by atoms with Crippen LogP contribution in [0.25, 0.3) is 0 Å². The van der Waals surface area contributed by atoms with E-state index in [0.29, 0.717) is 0 Å². The van der Waals surface area contributed by atoms with Gasteiger partial charge in [0.2, 0.25) is 5.91 Å². The fourth-order valence-corrected chi connectivity index (χ4v) is 3.76. The molecule has 4 heteroatoms. The Hall–Kier alpha value is -0.610. The molecule has 0 aromatic heterocycles. The predicted molar refractivity (Wildman–Crippen MR) is 91.6 cm³/mol. The highest BCUT2D eigenvalue weighted by atomic mass is 16.2. The lowest BCUT2D eigenvalue weighted by Crippen LogP contribution is -2.49. The molecule has 2 fully saturated rings. The number of piperidine rings is 1. The Labute approximate surface area is 136 Å². The molecule has 2 saturated heterocycles. The quantitative estimate of drug-likeness (QED) is 0.786. The Morgan fingerprint density at radius 3 is 2.41 bits per heavy atom. The lowest BCUT2D eigenvalue weighted by Gasteiger charge is -2.34. The Kier molecular flexibility index (Phi) is 7.16. The zero-order valence-electron chi connectivity index (χ0n) is 14.6. The van der Waals surface area contributed by atoms with Crippen molar-refractivity contribution in [1.29, 1.82) is 0 Å². The van der Waals surface area contributed by atoms with Crippen LogP contribution in [0.5, 0.6) is 0 Å². The van der Waals surface area contributed by atoms with E-state index in [2.05, 4.69) is 18.7 Å². The Morgan fingerprint density at radius 2 is 1.82 bits per heavy atom. The summed E-state index contributed by atoms with van der Waals surface area (Å²) in [6.07, 6.45) is 8.73. The molecule has 4 nitrogen and oxygen atoms in total. The van der Waals surface area contributed by atoms with E-state index in [1.54, 1.807) is 0 Å². The lowest BCUT2D eigenvalue weighted by molar-refractivity contribution is -0.135. The minimum atomic E-state index is -0.309. The monoisotopic (exact) mass is 309 g/mol. The van der Waals surface area contributed by atoms with Crippen LogP contribution in [0.4, 0.5) is 0 Å². The minimum Gasteiger partial charge on any atom is -0.341 e. The molecule has 128 valence electrons. The normalized spacial score (nSPS) is 23.7. The predicted octanol–water partition coefficient (Wildman–Crippen LogP) is 2.47. The summed E-state index contributed by atoms with van der Waals surface area (Å²) < 4.78 is 0. The molecule has 2 N–H and O–H groups in total. The molecule has 22 heavy (non-hydrogen) atoms. The molecule has 2 atom stereocenters. The molecule has 0 saturated carbocycles. The highest BCUT2D eigenvalue weighted by Gasteiger charge is 2.28. The van der Waals surface area contributed by atoms with Crippen molar-refractivity contribution in [2.24, 2.45) is 17.6 Å². The average Bonchev–Trinajstić information content (AvgIpc) is 3.06. The summed E-state index contributed by atoms with van der Waals surface area (Å²) in [5.74, 6) is 1.27. The highest BCUT2D eigenvalue weighted by Crippen LogP contribution is 2.23. The van der Waals surface area contributed by atoms with Gasteiger partial charge in [0.15, 0.2) is 0 Å². The lowest BCUT2D eigenvalue weighted by atomic mass is 9.91. The second kappa shape index (κ2) is 8.88. The summed E-state index contributed by atoms with van der Waals surface area (Å²) in [5.41, 5.74) is 6.09. The number of hydrogen-bond donors (Lipinski definition) is 1. The molecule has 0 aromatic rings. The molecule has 0 bridgehead atoms. The third-order valence-electron chi connectivity index (χ3n) is 5.75. The third-order valence-corrected chi connectivity index (χ3v) is 5.75. The Bertz CT molecular complexity index is 333. The van der Waals surface area contributed by atoms with E-state index in [0.717, 1.165) is 25.4 Å². The van der Waals surface area contributed by atoms with Gasteiger partial charge in [-0.3, -0.25) is 4.79 Å². The fraction of sp³-hybridized carbons (Fsp3) is 0.944. The van der Waals surface area contributed by atoms with Gasteiger partial charge in [-0.2, -0.15) is 0 Å². The minimum absolute atomic E-state index is 0.171. The Morgan fingerprint density at radius 1 is 1.18 bits per heavy atom. The van der Waals surface area contributed by atoms with Gasteiger partial charge in [-0.15, -0.1) is 0 Å². The smallest absolute Gasteiger partial charge is 0.239 e. The number of rotatable bonds is 7.